The van der Waals surface area contributed by atoms with Crippen molar-refractivity contribution in [2.24, 2.45) is 5.73 Å². The lowest BCUT2D eigenvalue weighted by atomic mass is 9.66. The third-order valence-corrected chi connectivity index (χ3v) is 5.48. The molecular weight excluding hydrogens is 340 g/mol. The van der Waals surface area contributed by atoms with Gasteiger partial charge in [0.2, 0.25) is 0 Å². The molecule has 1 aliphatic rings. The molecule has 1 amide bonds. The van der Waals surface area contributed by atoms with Crippen LogP contribution in [-0.2, 0) is 5.41 Å². The predicted octanol–water partition coefficient (Wildman–Crippen LogP) is 3.27. The summed E-state index contributed by atoms with van der Waals surface area (Å²) in [6, 6.07) is 11.1. The van der Waals surface area contributed by atoms with E-state index in [4.69, 9.17) is 10.5 Å². The molecule has 0 aliphatic heterocycles. The van der Waals surface area contributed by atoms with E-state index in [0.29, 0.717) is 23.5 Å². The SMILES string of the molecule is COc1ccc2ncccc2c1NC(=O)c1ccc(C2(CN)CCC2)nc1. The Morgan fingerprint density at radius 2 is 2.07 bits per heavy atom. The number of anilines is 1. The minimum absolute atomic E-state index is 0.0144. The van der Waals surface area contributed by atoms with Crippen LogP contribution in [0.1, 0.15) is 35.3 Å². The van der Waals surface area contributed by atoms with Crippen molar-refractivity contribution in [3.63, 3.8) is 0 Å². The first-order chi connectivity index (χ1) is 13.2. The van der Waals surface area contributed by atoms with Gasteiger partial charge in [-0.25, -0.2) is 0 Å². The third kappa shape index (κ3) is 3.02. The lowest BCUT2D eigenvalue weighted by molar-refractivity contribution is 0.102. The van der Waals surface area contributed by atoms with Crippen LogP contribution in [-0.4, -0.2) is 29.5 Å². The fraction of sp³-hybridized carbons (Fsp3) is 0.286. The Labute approximate surface area is 157 Å². The van der Waals surface area contributed by atoms with Crippen LogP contribution < -0.4 is 15.8 Å². The Bertz CT molecular complexity index is 976. The van der Waals surface area contributed by atoms with Crippen molar-refractivity contribution in [1.82, 2.24) is 9.97 Å². The number of fused-ring (bicyclic) bond motifs is 1. The number of carbonyl (C=O) groups is 1. The number of carbonyl (C=O) groups excluding carboxylic acids is 1. The largest absolute Gasteiger partial charge is 0.495 e. The lowest BCUT2D eigenvalue weighted by Gasteiger charge is -2.40. The Morgan fingerprint density at radius 3 is 2.70 bits per heavy atom. The zero-order valence-corrected chi connectivity index (χ0v) is 15.2. The topological polar surface area (TPSA) is 90.1 Å². The summed E-state index contributed by atoms with van der Waals surface area (Å²) in [5, 5.41) is 3.78. The molecule has 1 aromatic carbocycles. The lowest BCUT2D eigenvalue weighted by Crippen LogP contribution is -2.42. The van der Waals surface area contributed by atoms with E-state index >= 15 is 0 Å². The van der Waals surface area contributed by atoms with E-state index in [1.165, 1.54) is 6.42 Å². The van der Waals surface area contributed by atoms with Crippen LogP contribution in [0.3, 0.4) is 0 Å². The van der Waals surface area contributed by atoms with Gasteiger partial charge in [-0.3, -0.25) is 14.8 Å². The summed E-state index contributed by atoms with van der Waals surface area (Å²) in [7, 11) is 1.58. The molecule has 2 aromatic heterocycles. The van der Waals surface area contributed by atoms with Crippen molar-refractivity contribution in [2.45, 2.75) is 24.7 Å². The molecule has 1 saturated carbocycles. The molecule has 1 aliphatic carbocycles. The van der Waals surface area contributed by atoms with Gasteiger partial charge in [0.1, 0.15) is 5.75 Å². The van der Waals surface area contributed by atoms with Gasteiger partial charge < -0.3 is 15.8 Å². The van der Waals surface area contributed by atoms with Crippen LogP contribution in [0.5, 0.6) is 5.75 Å². The Morgan fingerprint density at radius 1 is 1.22 bits per heavy atom. The van der Waals surface area contributed by atoms with Crippen molar-refractivity contribution < 1.29 is 9.53 Å². The zero-order chi connectivity index (χ0) is 18.9. The number of nitrogens with zero attached hydrogens (tertiary/aromatic N) is 2. The first-order valence-corrected chi connectivity index (χ1v) is 9.06. The second-order valence-corrected chi connectivity index (χ2v) is 6.94. The summed E-state index contributed by atoms with van der Waals surface area (Å²) >= 11 is 0. The van der Waals surface area contributed by atoms with E-state index in [-0.39, 0.29) is 11.3 Å². The highest BCUT2D eigenvalue weighted by atomic mass is 16.5. The first kappa shape index (κ1) is 17.4. The molecule has 3 N–H and O–H groups in total. The summed E-state index contributed by atoms with van der Waals surface area (Å²) in [6.45, 7) is 0.589. The van der Waals surface area contributed by atoms with E-state index in [9.17, 15) is 4.79 Å². The number of nitrogens with two attached hydrogens (primary N) is 1. The van der Waals surface area contributed by atoms with Crippen molar-refractivity contribution in [3.8, 4) is 5.75 Å². The molecule has 3 aromatic rings. The van der Waals surface area contributed by atoms with Gasteiger partial charge >= 0.3 is 0 Å². The Kier molecular flexibility index (Phi) is 4.49. The van der Waals surface area contributed by atoms with Crippen LogP contribution in [0.25, 0.3) is 10.9 Å². The van der Waals surface area contributed by atoms with E-state index in [0.717, 1.165) is 29.4 Å². The summed E-state index contributed by atoms with van der Waals surface area (Å²) < 4.78 is 5.42. The maximum absolute atomic E-state index is 12.8. The number of rotatable bonds is 5. The third-order valence-electron chi connectivity index (χ3n) is 5.48. The van der Waals surface area contributed by atoms with E-state index < -0.39 is 0 Å². The van der Waals surface area contributed by atoms with Crippen LogP contribution in [0.2, 0.25) is 0 Å². The average molecular weight is 362 g/mol. The molecule has 1 fully saturated rings. The monoisotopic (exact) mass is 362 g/mol. The van der Waals surface area contributed by atoms with Gasteiger partial charge in [-0.2, -0.15) is 0 Å². The molecular formula is C21H22N4O2. The predicted molar refractivity (Wildman–Crippen MR) is 105 cm³/mol. The minimum Gasteiger partial charge on any atom is -0.495 e. The molecule has 138 valence electrons. The number of benzene rings is 1. The summed E-state index contributed by atoms with van der Waals surface area (Å²) in [5.74, 6) is 0.351. The van der Waals surface area contributed by atoms with Crippen LogP contribution in [0, 0.1) is 0 Å². The van der Waals surface area contributed by atoms with Gasteiger partial charge in [0.15, 0.2) is 0 Å². The molecule has 0 unspecified atom stereocenters. The number of aromatic nitrogens is 2. The molecule has 4 rings (SSSR count). The average Bonchev–Trinajstić information content (AvgIpc) is 2.68. The summed E-state index contributed by atoms with van der Waals surface area (Å²) in [5.41, 5.74) is 8.79. The maximum Gasteiger partial charge on any atom is 0.257 e. The normalized spacial score (nSPS) is 15.2. The van der Waals surface area contributed by atoms with Crippen molar-refractivity contribution >= 4 is 22.5 Å². The van der Waals surface area contributed by atoms with Crippen LogP contribution >= 0.6 is 0 Å². The smallest absolute Gasteiger partial charge is 0.257 e. The number of pyridine rings is 2. The van der Waals surface area contributed by atoms with Crippen molar-refractivity contribution in [1.29, 1.82) is 0 Å². The van der Waals surface area contributed by atoms with E-state index in [1.807, 2.05) is 30.3 Å². The van der Waals surface area contributed by atoms with Gasteiger partial charge in [0, 0.05) is 35.4 Å². The molecule has 0 radical (unpaired) electrons. The highest BCUT2D eigenvalue weighted by Gasteiger charge is 2.38. The molecule has 0 saturated heterocycles. The number of methoxy groups -OCH3 is 1. The number of amides is 1. The van der Waals surface area contributed by atoms with E-state index in [1.54, 1.807) is 25.6 Å². The molecule has 0 spiro atoms. The number of ether oxygens (including phenoxy) is 1. The van der Waals surface area contributed by atoms with Crippen molar-refractivity contribution in [2.75, 3.05) is 19.0 Å². The second-order valence-electron chi connectivity index (χ2n) is 6.94. The molecule has 27 heavy (non-hydrogen) atoms. The van der Waals surface area contributed by atoms with Crippen molar-refractivity contribution in [3.05, 3.63) is 60.0 Å². The quantitative estimate of drug-likeness (QED) is 0.727. The van der Waals surface area contributed by atoms with Crippen LogP contribution in [0.15, 0.2) is 48.8 Å². The summed E-state index contributed by atoms with van der Waals surface area (Å²) in [4.78, 5) is 21.6. The molecule has 6 nitrogen and oxygen atoms in total. The fourth-order valence-corrected chi connectivity index (χ4v) is 3.63. The standard InChI is InChI=1S/C21H22N4O2/c1-27-17-7-6-16-15(4-2-11-23-16)19(17)25-20(26)14-5-8-18(24-12-14)21(13-22)9-3-10-21/h2,4-8,11-12H,3,9-10,13,22H2,1H3,(H,25,26). The second kappa shape index (κ2) is 6.96. The summed E-state index contributed by atoms with van der Waals surface area (Å²) in [6.07, 6.45) is 6.63. The molecule has 2 heterocycles. The van der Waals surface area contributed by atoms with E-state index in [2.05, 4.69) is 15.3 Å². The number of nitrogens with one attached hydrogen (secondary N) is 1. The molecule has 0 atom stereocenters. The Hall–Kier alpha value is -2.99. The number of hydrogen-bond donors (Lipinski definition) is 2. The highest BCUT2D eigenvalue weighted by Crippen LogP contribution is 2.41. The minimum atomic E-state index is -0.237. The maximum atomic E-state index is 12.8. The number of hydrogen-bond acceptors (Lipinski definition) is 5. The molecule has 0 bridgehead atoms. The Balaban J connectivity index is 1.62. The zero-order valence-electron chi connectivity index (χ0n) is 15.2. The highest BCUT2D eigenvalue weighted by molar-refractivity contribution is 6.10. The van der Waals surface area contributed by atoms with Gasteiger partial charge in [-0.15, -0.1) is 0 Å². The van der Waals surface area contributed by atoms with Gasteiger partial charge in [-0.1, -0.05) is 6.42 Å². The first-order valence-electron chi connectivity index (χ1n) is 9.06. The van der Waals surface area contributed by atoms with Gasteiger partial charge in [-0.05, 0) is 49.2 Å². The molecule has 6 heteroatoms. The van der Waals surface area contributed by atoms with Gasteiger partial charge in [0.25, 0.3) is 5.91 Å². The van der Waals surface area contributed by atoms with Gasteiger partial charge in [0.05, 0.1) is 23.9 Å². The fourth-order valence-electron chi connectivity index (χ4n) is 3.63. The van der Waals surface area contributed by atoms with Crippen LogP contribution in [0.4, 0.5) is 5.69 Å².